The molecule has 1 heterocycles. The quantitative estimate of drug-likeness (QED) is 0.503. The van der Waals surface area contributed by atoms with E-state index in [9.17, 15) is 20.0 Å². The number of benzene rings is 1. The lowest BCUT2D eigenvalue weighted by molar-refractivity contribution is -0.384. The highest BCUT2D eigenvalue weighted by Crippen LogP contribution is 2.31. The number of nitro benzene ring substituents is 1. The van der Waals surface area contributed by atoms with E-state index in [1.54, 1.807) is 6.92 Å². The fourth-order valence-electron chi connectivity index (χ4n) is 2.14. The molecule has 128 valence electrons. The highest BCUT2D eigenvalue weighted by Gasteiger charge is 2.18. The van der Waals surface area contributed by atoms with Gasteiger partial charge in [0.15, 0.2) is 5.69 Å². The number of hydrogen-bond acceptors (Lipinski definition) is 7. The third kappa shape index (κ3) is 3.34. The summed E-state index contributed by atoms with van der Waals surface area (Å²) in [5.41, 5.74) is -0.712. The van der Waals surface area contributed by atoms with E-state index >= 15 is 0 Å². The van der Waals surface area contributed by atoms with Gasteiger partial charge in [-0.2, -0.15) is 5.26 Å². The number of nitrogens with zero attached hydrogens (tertiary/aromatic N) is 5. The van der Waals surface area contributed by atoms with E-state index < -0.39 is 16.4 Å². The lowest BCUT2D eigenvalue weighted by atomic mass is 10.1. The van der Waals surface area contributed by atoms with Crippen LogP contribution in [-0.2, 0) is 6.54 Å². The third-order valence-electron chi connectivity index (χ3n) is 3.49. The Morgan fingerprint density at radius 2 is 2.12 bits per heavy atom. The van der Waals surface area contributed by atoms with Crippen molar-refractivity contribution in [2.45, 2.75) is 20.4 Å². The molecule has 1 N–H and O–H groups in total. The summed E-state index contributed by atoms with van der Waals surface area (Å²) in [5, 5.41) is 37.5. The fourth-order valence-corrected chi connectivity index (χ4v) is 2.36. The first-order chi connectivity index (χ1) is 11.8. The Balaban J connectivity index is 2.58. The molecule has 2 aromatic rings. The number of rotatable bonds is 4. The molecule has 1 aromatic heterocycles. The molecule has 0 saturated heterocycles. The molecule has 2 rings (SSSR count). The van der Waals surface area contributed by atoms with Gasteiger partial charge in [-0.1, -0.05) is 11.6 Å². The van der Waals surface area contributed by atoms with Crippen LogP contribution in [0.2, 0.25) is 5.02 Å². The molecule has 0 bridgehead atoms. The summed E-state index contributed by atoms with van der Waals surface area (Å²) in [6.07, 6.45) is 0. The standard InChI is InChI=1S/C15H12ClN5O4/c1-3-20-14(22)10(7-17)8(2)13(15(20)23)19-18-12-5-4-9(21(24)25)6-11(12)16/h4-6,22H,3H2,1-2H3. The van der Waals surface area contributed by atoms with Crippen molar-refractivity contribution in [2.75, 3.05) is 0 Å². The van der Waals surface area contributed by atoms with Crippen LogP contribution in [0.4, 0.5) is 17.1 Å². The van der Waals surface area contributed by atoms with Crippen LogP contribution in [-0.4, -0.2) is 14.6 Å². The van der Waals surface area contributed by atoms with Crippen LogP contribution in [0, 0.1) is 28.4 Å². The van der Waals surface area contributed by atoms with Gasteiger partial charge in [-0.3, -0.25) is 19.5 Å². The molecular formula is C15H12ClN5O4. The van der Waals surface area contributed by atoms with Crippen LogP contribution in [0.15, 0.2) is 33.2 Å². The van der Waals surface area contributed by atoms with Crippen LogP contribution in [0.25, 0.3) is 0 Å². The predicted octanol–water partition coefficient (Wildman–Crippen LogP) is 3.73. The Bertz CT molecular complexity index is 991. The number of nitro groups is 1. The van der Waals surface area contributed by atoms with Crippen molar-refractivity contribution < 1.29 is 10.0 Å². The number of aromatic nitrogens is 1. The van der Waals surface area contributed by atoms with Gasteiger partial charge in [0, 0.05) is 24.2 Å². The summed E-state index contributed by atoms with van der Waals surface area (Å²) < 4.78 is 0.997. The number of halogens is 1. The van der Waals surface area contributed by atoms with E-state index in [2.05, 4.69) is 10.2 Å². The number of nitriles is 1. The van der Waals surface area contributed by atoms with Crippen molar-refractivity contribution in [2.24, 2.45) is 10.2 Å². The van der Waals surface area contributed by atoms with Crippen LogP contribution < -0.4 is 5.56 Å². The molecule has 0 atom stereocenters. The number of non-ortho nitro benzene ring substituents is 1. The molecule has 0 radical (unpaired) electrons. The van der Waals surface area contributed by atoms with Crippen molar-refractivity contribution in [3.8, 4) is 11.9 Å². The van der Waals surface area contributed by atoms with Gasteiger partial charge in [-0.25, -0.2) is 0 Å². The number of azo groups is 1. The largest absolute Gasteiger partial charge is 0.493 e. The lowest BCUT2D eigenvalue weighted by Crippen LogP contribution is -2.20. The first-order valence-electron chi connectivity index (χ1n) is 7.03. The minimum absolute atomic E-state index is 0.00861. The number of hydrogen-bond donors (Lipinski definition) is 1. The average Bonchev–Trinajstić information content (AvgIpc) is 2.56. The minimum atomic E-state index is -0.613. The zero-order valence-corrected chi connectivity index (χ0v) is 14.0. The Morgan fingerprint density at radius 3 is 2.64 bits per heavy atom. The SMILES string of the molecule is CCn1c(O)c(C#N)c(C)c(N=Nc2ccc([N+](=O)[O-])cc2Cl)c1=O. The summed E-state index contributed by atoms with van der Waals surface area (Å²) in [5.74, 6) is -0.431. The van der Waals surface area contributed by atoms with Crippen LogP contribution >= 0.6 is 11.6 Å². The van der Waals surface area contributed by atoms with E-state index in [4.69, 9.17) is 16.9 Å². The monoisotopic (exact) mass is 361 g/mol. The van der Waals surface area contributed by atoms with Gasteiger partial charge in [0.2, 0.25) is 5.88 Å². The summed E-state index contributed by atoms with van der Waals surface area (Å²) >= 11 is 5.93. The zero-order valence-electron chi connectivity index (χ0n) is 13.2. The highest BCUT2D eigenvalue weighted by atomic mass is 35.5. The van der Waals surface area contributed by atoms with Gasteiger partial charge in [0.1, 0.15) is 17.3 Å². The summed E-state index contributed by atoms with van der Waals surface area (Å²) in [6.45, 7) is 3.23. The van der Waals surface area contributed by atoms with Crippen molar-refractivity contribution in [3.63, 3.8) is 0 Å². The average molecular weight is 362 g/mol. The highest BCUT2D eigenvalue weighted by molar-refractivity contribution is 6.33. The predicted molar refractivity (Wildman–Crippen MR) is 89.8 cm³/mol. The molecule has 0 fully saturated rings. The molecular weight excluding hydrogens is 350 g/mol. The van der Waals surface area contributed by atoms with Gasteiger partial charge in [0.25, 0.3) is 11.2 Å². The second-order valence-corrected chi connectivity index (χ2v) is 5.33. The molecule has 0 saturated carbocycles. The maximum absolute atomic E-state index is 12.4. The van der Waals surface area contributed by atoms with Gasteiger partial charge in [-0.15, -0.1) is 10.2 Å². The fraction of sp³-hybridized carbons (Fsp3) is 0.200. The van der Waals surface area contributed by atoms with Gasteiger partial charge in [0.05, 0.1) is 9.95 Å². The molecule has 10 heteroatoms. The molecule has 0 amide bonds. The van der Waals surface area contributed by atoms with E-state index in [-0.39, 0.29) is 39.8 Å². The Labute approximate surface area is 146 Å². The van der Waals surface area contributed by atoms with E-state index in [0.717, 1.165) is 10.6 Å². The summed E-state index contributed by atoms with van der Waals surface area (Å²) in [4.78, 5) is 22.5. The molecule has 25 heavy (non-hydrogen) atoms. The lowest BCUT2D eigenvalue weighted by Gasteiger charge is -2.10. The van der Waals surface area contributed by atoms with E-state index in [1.807, 2.05) is 6.07 Å². The number of pyridine rings is 1. The van der Waals surface area contributed by atoms with Crippen LogP contribution in [0.3, 0.4) is 0 Å². The maximum atomic E-state index is 12.4. The minimum Gasteiger partial charge on any atom is -0.493 e. The molecule has 0 spiro atoms. The Hall–Kier alpha value is -3.25. The van der Waals surface area contributed by atoms with Gasteiger partial charge >= 0.3 is 0 Å². The van der Waals surface area contributed by atoms with Crippen molar-refractivity contribution >= 4 is 28.7 Å². The normalized spacial score (nSPS) is 10.8. The molecule has 0 aliphatic carbocycles. The maximum Gasteiger partial charge on any atom is 0.281 e. The van der Waals surface area contributed by atoms with E-state index in [1.165, 1.54) is 19.1 Å². The van der Waals surface area contributed by atoms with Crippen molar-refractivity contribution in [1.29, 1.82) is 5.26 Å². The summed E-state index contributed by atoms with van der Waals surface area (Å²) in [6, 6.07) is 5.44. The third-order valence-corrected chi connectivity index (χ3v) is 3.79. The van der Waals surface area contributed by atoms with Crippen LogP contribution in [0.1, 0.15) is 18.1 Å². The molecule has 1 aromatic carbocycles. The van der Waals surface area contributed by atoms with Gasteiger partial charge < -0.3 is 5.11 Å². The van der Waals surface area contributed by atoms with Crippen molar-refractivity contribution in [3.05, 3.63) is 54.8 Å². The smallest absolute Gasteiger partial charge is 0.281 e. The Kier molecular flexibility index (Phi) is 5.14. The van der Waals surface area contributed by atoms with Gasteiger partial charge in [-0.05, 0) is 19.9 Å². The molecule has 0 unspecified atom stereocenters. The molecule has 9 nitrogen and oxygen atoms in total. The van der Waals surface area contributed by atoms with Crippen molar-refractivity contribution in [1.82, 2.24) is 4.57 Å². The number of aromatic hydroxyl groups is 1. The second kappa shape index (κ2) is 7.11. The molecule has 0 aliphatic heterocycles. The summed E-state index contributed by atoms with van der Waals surface area (Å²) in [7, 11) is 0. The first-order valence-corrected chi connectivity index (χ1v) is 7.41. The molecule has 0 aliphatic rings. The zero-order chi connectivity index (χ0) is 18.7. The van der Waals surface area contributed by atoms with E-state index in [0.29, 0.717) is 0 Å². The first kappa shape index (κ1) is 18.1. The second-order valence-electron chi connectivity index (χ2n) is 4.93. The van der Waals surface area contributed by atoms with Crippen LogP contribution in [0.5, 0.6) is 5.88 Å². The Morgan fingerprint density at radius 1 is 1.44 bits per heavy atom. The topological polar surface area (TPSA) is 134 Å².